The lowest BCUT2D eigenvalue weighted by Gasteiger charge is -2.11. The Kier molecular flexibility index (Phi) is 5.26. The van der Waals surface area contributed by atoms with Crippen LogP contribution < -0.4 is 15.8 Å². The van der Waals surface area contributed by atoms with Gasteiger partial charge in [-0.2, -0.15) is 0 Å². The fourth-order valence-electron chi connectivity index (χ4n) is 2.11. The Morgan fingerprint density at radius 1 is 1.33 bits per heavy atom. The van der Waals surface area contributed by atoms with E-state index in [9.17, 15) is 4.79 Å². The minimum Gasteiger partial charge on any atom is -0.484 e. The van der Waals surface area contributed by atoms with Gasteiger partial charge in [0.05, 0.1) is 6.54 Å². The first-order valence-electron chi connectivity index (χ1n) is 7.08. The van der Waals surface area contributed by atoms with Crippen molar-refractivity contribution >= 4 is 11.6 Å². The summed E-state index contributed by atoms with van der Waals surface area (Å²) in [5, 5.41) is 3.36. The van der Waals surface area contributed by atoms with Crippen LogP contribution in [-0.4, -0.2) is 17.1 Å². The summed E-state index contributed by atoms with van der Waals surface area (Å²) in [6.45, 7) is 3.82. The van der Waals surface area contributed by atoms with Crippen molar-refractivity contribution in [1.82, 2.24) is 4.57 Å². The lowest BCUT2D eigenvalue weighted by molar-refractivity contribution is -0.119. The number of nitrogens with zero attached hydrogens (tertiary/aromatic N) is 1. The number of nitrogens with two attached hydrogens (primary N) is 1. The number of hydrogen-bond donors (Lipinski definition) is 2. The molecule has 0 radical (unpaired) electrons. The summed E-state index contributed by atoms with van der Waals surface area (Å²) >= 11 is 0. The second kappa shape index (κ2) is 7.38. The van der Waals surface area contributed by atoms with E-state index in [0.29, 0.717) is 5.75 Å². The molecule has 0 saturated carbocycles. The summed E-state index contributed by atoms with van der Waals surface area (Å²) in [5.74, 6) is 0.147. The molecule has 5 nitrogen and oxygen atoms in total. The van der Waals surface area contributed by atoms with Crippen molar-refractivity contribution in [2.24, 2.45) is 5.73 Å². The fraction of sp³-hybridized carbons (Fsp3) is 0.312. The van der Waals surface area contributed by atoms with Crippen LogP contribution in [0, 0.1) is 0 Å². The number of carbonyl (C=O) groups excluding carboxylic acids is 1. The molecule has 5 heteroatoms. The molecule has 3 N–H and O–H groups in total. The molecule has 0 bridgehead atoms. The van der Waals surface area contributed by atoms with Gasteiger partial charge in [0.2, 0.25) is 0 Å². The second-order valence-corrected chi connectivity index (χ2v) is 4.83. The van der Waals surface area contributed by atoms with Gasteiger partial charge in [-0.25, -0.2) is 0 Å². The normalized spacial score (nSPS) is 10.3. The van der Waals surface area contributed by atoms with E-state index in [2.05, 4.69) is 35.1 Å². The van der Waals surface area contributed by atoms with Gasteiger partial charge in [-0.1, -0.05) is 13.0 Å². The molecule has 112 valence electrons. The van der Waals surface area contributed by atoms with Crippen molar-refractivity contribution in [2.75, 3.05) is 11.9 Å². The monoisotopic (exact) mass is 287 g/mol. The van der Waals surface area contributed by atoms with Crippen molar-refractivity contribution in [3.8, 4) is 5.75 Å². The topological polar surface area (TPSA) is 69.3 Å². The number of carbonyl (C=O) groups is 1. The van der Waals surface area contributed by atoms with Crippen LogP contribution in [0.2, 0.25) is 0 Å². The number of benzene rings is 1. The first-order chi connectivity index (χ1) is 10.2. The van der Waals surface area contributed by atoms with Crippen LogP contribution in [0.25, 0.3) is 0 Å². The average Bonchev–Trinajstić information content (AvgIpc) is 2.91. The predicted molar refractivity (Wildman–Crippen MR) is 83.2 cm³/mol. The van der Waals surface area contributed by atoms with Gasteiger partial charge in [0, 0.05) is 30.2 Å². The second-order valence-electron chi connectivity index (χ2n) is 4.83. The summed E-state index contributed by atoms with van der Waals surface area (Å²) in [5.41, 5.74) is 7.25. The summed E-state index contributed by atoms with van der Waals surface area (Å²) < 4.78 is 7.52. The molecule has 0 aliphatic heterocycles. The highest BCUT2D eigenvalue weighted by molar-refractivity contribution is 5.75. The Labute approximate surface area is 124 Å². The van der Waals surface area contributed by atoms with Gasteiger partial charge in [-0.05, 0) is 30.7 Å². The third-order valence-corrected chi connectivity index (χ3v) is 3.08. The van der Waals surface area contributed by atoms with Crippen LogP contribution in [0.1, 0.15) is 19.0 Å². The molecule has 0 fully saturated rings. The molecular weight excluding hydrogens is 266 g/mol. The van der Waals surface area contributed by atoms with Crippen LogP contribution in [0.4, 0.5) is 5.69 Å². The van der Waals surface area contributed by atoms with Crippen molar-refractivity contribution in [2.45, 2.75) is 26.4 Å². The van der Waals surface area contributed by atoms with E-state index < -0.39 is 5.91 Å². The first-order valence-corrected chi connectivity index (χ1v) is 7.08. The molecule has 0 aliphatic rings. The first kappa shape index (κ1) is 15.0. The zero-order valence-corrected chi connectivity index (χ0v) is 12.2. The number of hydrogen-bond acceptors (Lipinski definition) is 3. The molecule has 0 spiro atoms. The number of anilines is 1. The van der Waals surface area contributed by atoms with Crippen molar-refractivity contribution in [1.29, 1.82) is 0 Å². The predicted octanol–water partition coefficient (Wildman–Crippen LogP) is 2.37. The average molecular weight is 287 g/mol. The SMILES string of the molecule is CCCn1cccc1CNc1cccc(OCC(N)=O)c1. The molecule has 0 aliphatic carbocycles. The maximum atomic E-state index is 10.7. The van der Waals surface area contributed by atoms with Crippen LogP contribution in [0.3, 0.4) is 0 Å². The molecule has 0 saturated heterocycles. The van der Waals surface area contributed by atoms with E-state index in [1.165, 1.54) is 5.69 Å². The van der Waals surface area contributed by atoms with E-state index in [0.717, 1.165) is 25.2 Å². The molecular formula is C16H21N3O2. The number of rotatable bonds is 8. The fourth-order valence-corrected chi connectivity index (χ4v) is 2.11. The van der Waals surface area contributed by atoms with Crippen molar-refractivity contribution in [3.63, 3.8) is 0 Å². The zero-order valence-electron chi connectivity index (χ0n) is 12.2. The number of aromatic nitrogens is 1. The van der Waals surface area contributed by atoms with Crippen LogP contribution >= 0.6 is 0 Å². The van der Waals surface area contributed by atoms with Gasteiger partial charge < -0.3 is 20.4 Å². The molecule has 1 aromatic carbocycles. The lowest BCUT2D eigenvalue weighted by atomic mass is 10.3. The smallest absolute Gasteiger partial charge is 0.255 e. The molecule has 0 unspecified atom stereocenters. The Hall–Kier alpha value is -2.43. The highest BCUT2D eigenvalue weighted by atomic mass is 16.5. The van der Waals surface area contributed by atoms with Crippen LogP contribution in [0.5, 0.6) is 5.75 Å². The van der Waals surface area contributed by atoms with Crippen LogP contribution in [0.15, 0.2) is 42.6 Å². The van der Waals surface area contributed by atoms with Gasteiger partial charge in [0.25, 0.3) is 5.91 Å². The summed E-state index contributed by atoms with van der Waals surface area (Å²) in [6, 6.07) is 11.7. The lowest BCUT2D eigenvalue weighted by Crippen LogP contribution is -2.20. The summed E-state index contributed by atoms with van der Waals surface area (Å²) in [4.78, 5) is 10.7. The zero-order chi connectivity index (χ0) is 15.1. The van der Waals surface area contributed by atoms with Gasteiger partial charge in [0.15, 0.2) is 6.61 Å². The molecule has 2 rings (SSSR count). The van der Waals surface area contributed by atoms with E-state index in [-0.39, 0.29) is 6.61 Å². The third-order valence-electron chi connectivity index (χ3n) is 3.08. The molecule has 1 heterocycles. The van der Waals surface area contributed by atoms with Gasteiger partial charge in [0.1, 0.15) is 5.75 Å². The molecule has 1 amide bonds. The van der Waals surface area contributed by atoms with Crippen LogP contribution in [-0.2, 0) is 17.9 Å². The number of amides is 1. The number of aryl methyl sites for hydroxylation is 1. The van der Waals surface area contributed by atoms with Crippen molar-refractivity contribution in [3.05, 3.63) is 48.3 Å². The van der Waals surface area contributed by atoms with Gasteiger partial charge in [-0.15, -0.1) is 0 Å². The largest absolute Gasteiger partial charge is 0.484 e. The Bertz CT molecular complexity index is 593. The minimum absolute atomic E-state index is 0.108. The summed E-state index contributed by atoms with van der Waals surface area (Å²) in [7, 11) is 0. The number of nitrogens with one attached hydrogen (secondary N) is 1. The number of primary amides is 1. The molecule has 21 heavy (non-hydrogen) atoms. The van der Waals surface area contributed by atoms with Gasteiger partial charge in [-0.3, -0.25) is 4.79 Å². The highest BCUT2D eigenvalue weighted by Gasteiger charge is 2.02. The van der Waals surface area contributed by atoms with E-state index in [4.69, 9.17) is 10.5 Å². The minimum atomic E-state index is -0.481. The molecule has 0 atom stereocenters. The maximum Gasteiger partial charge on any atom is 0.255 e. The summed E-state index contributed by atoms with van der Waals surface area (Å²) in [6.07, 6.45) is 3.20. The van der Waals surface area contributed by atoms with Gasteiger partial charge >= 0.3 is 0 Å². The molecule has 1 aromatic heterocycles. The number of ether oxygens (including phenoxy) is 1. The molecule has 2 aromatic rings. The van der Waals surface area contributed by atoms with Crippen molar-refractivity contribution < 1.29 is 9.53 Å². The Morgan fingerprint density at radius 3 is 2.95 bits per heavy atom. The highest BCUT2D eigenvalue weighted by Crippen LogP contribution is 2.18. The van der Waals surface area contributed by atoms with E-state index >= 15 is 0 Å². The quantitative estimate of drug-likeness (QED) is 0.783. The Balaban J connectivity index is 1.95. The van der Waals surface area contributed by atoms with E-state index in [1.807, 2.05) is 18.2 Å². The van der Waals surface area contributed by atoms with E-state index in [1.54, 1.807) is 6.07 Å². The third kappa shape index (κ3) is 4.56. The maximum absolute atomic E-state index is 10.7. The standard InChI is InChI=1S/C16H21N3O2/c1-2-8-19-9-4-6-14(19)11-18-13-5-3-7-15(10-13)21-12-16(17)20/h3-7,9-10,18H,2,8,11-12H2,1H3,(H2,17,20). The Morgan fingerprint density at radius 2 is 2.19 bits per heavy atom.